The molecule has 2 aromatic carbocycles. The third-order valence-electron chi connectivity index (χ3n) is 4.20. The molecule has 3 rings (SSSR count). The van der Waals surface area contributed by atoms with Crippen molar-refractivity contribution in [2.45, 2.75) is 32.9 Å². The maximum atomic E-state index is 12.4. The Morgan fingerprint density at radius 3 is 2.42 bits per heavy atom. The van der Waals surface area contributed by atoms with Crippen LogP contribution in [-0.2, 0) is 17.8 Å². The number of aryl methyl sites for hydroxylation is 1. The van der Waals surface area contributed by atoms with Gasteiger partial charge in [0, 0.05) is 0 Å². The van der Waals surface area contributed by atoms with Crippen molar-refractivity contribution in [3.8, 4) is 5.69 Å². The largest absolute Gasteiger partial charge is 0.368 e. The minimum Gasteiger partial charge on any atom is -0.348 e. The second-order valence-electron chi connectivity index (χ2n) is 6.05. The molecule has 1 amide bonds. The third kappa shape index (κ3) is 3.88. The van der Waals surface area contributed by atoms with E-state index in [2.05, 4.69) is 22.7 Å². The fourth-order valence-electron chi connectivity index (χ4n) is 2.65. The van der Waals surface area contributed by atoms with Crippen molar-refractivity contribution < 1.29 is 4.79 Å². The second kappa shape index (κ2) is 7.77. The molecule has 0 saturated heterocycles. The molecular weight excluding hydrogens is 330 g/mol. The number of carbonyl (C=O) groups excluding carboxylic acids is 1. The van der Waals surface area contributed by atoms with Gasteiger partial charge in [-0.15, -0.1) is 0 Å². The SMILES string of the molecule is CCc1ccc([C@@H](C)NC(=O)Cn2nnn(-c3ccccc3)c2=O)cc1. The Labute approximate surface area is 151 Å². The lowest BCUT2D eigenvalue weighted by Crippen LogP contribution is -2.34. The van der Waals surface area contributed by atoms with Crippen LogP contribution in [0.5, 0.6) is 0 Å². The first-order chi connectivity index (χ1) is 12.6. The van der Waals surface area contributed by atoms with Crippen molar-refractivity contribution in [1.29, 1.82) is 0 Å². The van der Waals surface area contributed by atoms with Crippen molar-refractivity contribution in [2.75, 3.05) is 0 Å². The average molecular weight is 351 g/mol. The summed E-state index contributed by atoms with van der Waals surface area (Å²) in [7, 11) is 0. The van der Waals surface area contributed by atoms with E-state index in [9.17, 15) is 9.59 Å². The number of tetrazole rings is 1. The molecule has 1 aromatic heterocycles. The molecule has 0 spiro atoms. The van der Waals surface area contributed by atoms with Gasteiger partial charge in [-0.1, -0.05) is 49.4 Å². The normalized spacial score (nSPS) is 11.9. The minimum atomic E-state index is -0.452. The number of nitrogens with zero attached hydrogens (tertiary/aromatic N) is 4. The van der Waals surface area contributed by atoms with Crippen LogP contribution in [0.2, 0.25) is 0 Å². The van der Waals surface area contributed by atoms with E-state index in [1.165, 1.54) is 10.2 Å². The summed E-state index contributed by atoms with van der Waals surface area (Å²) in [5.41, 5.74) is 2.41. The van der Waals surface area contributed by atoms with Gasteiger partial charge < -0.3 is 5.32 Å². The van der Waals surface area contributed by atoms with Gasteiger partial charge in [0.2, 0.25) is 5.91 Å². The Bertz CT molecular complexity index is 929. The van der Waals surface area contributed by atoms with Gasteiger partial charge in [-0.25, -0.2) is 4.79 Å². The summed E-state index contributed by atoms with van der Waals surface area (Å²) < 4.78 is 2.22. The molecule has 3 aromatic rings. The van der Waals surface area contributed by atoms with E-state index in [4.69, 9.17) is 0 Å². The lowest BCUT2D eigenvalue weighted by molar-refractivity contribution is -0.122. The number of hydrogen-bond acceptors (Lipinski definition) is 4. The second-order valence-corrected chi connectivity index (χ2v) is 6.05. The quantitative estimate of drug-likeness (QED) is 0.735. The zero-order valence-corrected chi connectivity index (χ0v) is 14.8. The topological polar surface area (TPSA) is 81.8 Å². The van der Waals surface area contributed by atoms with Gasteiger partial charge in [0.05, 0.1) is 11.7 Å². The van der Waals surface area contributed by atoms with E-state index in [0.717, 1.165) is 16.7 Å². The number of amides is 1. The van der Waals surface area contributed by atoms with Crippen molar-refractivity contribution in [3.63, 3.8) is 0 Å². The van der Waals surface area contributed by atoms with E-state index in [1.54, 1.807) is 24.3 Å². The van der Waals surface area contributed by atoms with Crippen LogP contribution < -0.4 is 11.0 Å². The molecule has 1 atom stereocenters. The molecule has 0 aliphatic heterocycles. The lowest BCUT2D eigenvalue weighted by atomic mass is 10.1. The third-order valence-corrected chi connectivity index (χ3v) is 4.20. The number of hydrogen-bond donors (Lipinski definition) is 1. The predicted molar refractivity (Wildman–Crippen MR) is 98.0 cm³/mol. The molecule has 7 heteroatoms. The van der Waals surface area contributed by atoms with Gasteiger partial charge in [-0.2, -0.15) is 9.36 Å². The zero-order chi connectivity index (χ0) is 18.5. The van der Waals surface area contributed by atoms with Crippen LogP contribution in [0.4, 0.5) is 0 Å². The highest BCUT2D eigenvalue weighted by molar-refractivity contribution is 5.76. The maximum absolute atomic E-state index is 12.4. The van der Waals surface area contributed by atoms with Crippen LogP contribution in [-0.4, -0.2) is 25.7 Å². The first-order valence-electron chi connectivity index (χ1n) is 8.55. The molecule has 134 valence electrons. The van der Waals surface area contributed by atoms with Gasteiger partial charge in [-0.3, -0.25) is 4.79 Å². The molecule has 1 heterocycles. The molecule has 1 N–H and O–H groups in total. The van der Waals surface area contributed by atoms with Gasteiger partial charge in [0.25, 0.3) is 0 Å². The molecule has 0 saturated carbocycles. The Kier molecular flexibility index (Phi) is 5.26. The number of para-hydroxylation sites is 1. The fourth-order valence-corrected chi connectivity index (χ4v) is 2.65. The van der Waals surface area contributed by atoms with E-state index < -0.39 is 5.69 Å². The molecule has 0 fully saturated rings. The highest BCUT2D eigenvalue weighted by atomic mass is 16.2. The zero-order valence-electron chi connectivity index (χ0n) is 14.8. The van der Waals surface area contributed by atoms with Gasteiger partial charge in [-0.05, 0) is 47.0 Å². The summed E-state index contributed by atoms with van der Waals surface area (Å²) in [5.74, 6) is -0.292. The van der Waals surface area contributed by atoms with Crippen molar-refractivity contribution in [3.05, 3.63) is 76.2 Å². The van der Waals surface area contributed by atoms with Crippen LogP contribution in [0.15, 0.2) is 59.4 Å². The highest BCUT2D eigenvalue weighted by Gasteiger charge is 2.14. The summed E-state index contributed by atoms with van der Waals surface area (Å²) in [6.07, 6.45) is 0.973. The first-order valence-corrected chi connectivity index (χ1v) is 8.55. The molecule has 26 heavy (non-hydrogen) atoms. The number of rotatable bonds is 6. The summed E-state index contributed by atoms with van der Waals surface area (Å²) in [6.45, 7) is 3.83. The molecule has 0 radical (unpaired) electrons. The van der Waals surface area contributed by atoms with E-state index >= 15 is 0 Å². The Hall–Kier alpha value is -3.22. The monoisotopic (exact) mass is 351 g/mol. The Morgan fingerprint density at radius 1 is 1.08 bits per heavy atom. The number of carbonyl (C=O) groups is 1. The van der Waals surface area contributed by atoms with E-state index in [0.29, 0.717) is 5.69 Å². The van der Waals surface area contributed by atoms with Crippen LogP contribution in [0.1, 0.15) is 31.0 Å². The van der Waals surface area contributed by atoms with Crippen molar-refractivity contribution >= 4 is 5.91 Å². The van der Waals surface area contributed by atoms with Gasteiger partial charge >= 0.3 is 5.69 Å². The Morgan fingerprint density at radius 2 is 1.77 bits per heavy atom. The number of nitrogens with one attached hydrogen (secondary N) is 1. The first kappa shape index (κ1) is 17.6. The molecule has 0 aliphatic carbocycles. The summed E-state index contributed by atoms with van der Waals surface area (Å²) in [5, 5.41) is 10.5. The molecule has 0 aliphatic rings. The van der Waals surface area contributed by atoms with E-state index in [-0.39, 0.29) is 18.5 Å². The summed E-state index contributed by atoms with van der Waals surface area (Å²) >= 11 is 0. The van der Waals surface area contributed by atoms with Crippen molar-refractivity contribution in [2.24, 2.45) is 0 Å². The lowest BCUT2D eigenvalue weighted by Gasteiger charge is -2.14. The smallest absolute Gasteiger partial charge is 0.348 e. The van der Waals surface area contributed by atoms with E-state index in [1.807, 2.05) is 37.3 Å². The van der Waals surface area contributed by atoms with Crippen LogP contribution in [0.3, 0.4) is 0 Å². The Balaban J connectivity index is 1.66. The molecule has 0 unspecified atom stereocenters. The fraction of sp³-hybridized carbons (Fsp3) is 0.263. The summed E-state index contributed by atoms with van der Waals surface area (Å²) in [6, 6.07) is 16.9. The minimum absolute atomic E-state index is 0.159. The standard InChI is InChI=1S/C19H21N5O2/c1-3-15-9-11-16(12-10-15)14(2)20-18(25)13-23-19(26)24(22-21-23)17-7-5-4-6-8-17/h4-12,14H,3,13H2,1-2H3,(H,20,25)/t14-/m1/s1. The average Bonchev–Trinajstić information content (AvgIpc) is 3.02. The predicted octanol–water partition coefficient (Wildman–Crippen LogP) is 1.87. The van der Waals surface area contributed by atoms with Crippen molar-refractivity contribution in [1.82, 2.24) is 25.1 Å². The highest BCUT2D eigenvalue weighted by Crippen LogP contribution is 2.13. The van der Waals surface area contributed by atoms with Crippen LogP contribution >= 0.6 is 0 Å². The molecular formula is C19H21N5O2. The molecule has 0 bridgehead atoms. The molecule has 7 nitrogen and oxygen atoms in total. The van der Waals surface area contributed by atoms with Gasteiger partial charge in [0.1, 0.15) is 6.54 Å². The van der Waals surface area contributed by atoms with Crippen LogP contribution in [0, 0.1) is 0 Å². The number of aromatic nitrogens is 4. The van der Waals surface area contributed by atoms with Gasteiger partial charge in [0.15, 0.2) is 0 Å². The van der Waals surface area contributed by atoms with Crippen LogP contribution in [0.25, 0.3) is 5.69 Å². The maximum Gasteiger partial charge on any atom is 0.368 e. The summed E-state index contributed by atoms with van der Waals surface area (Å²) in [4.78, 5) is 24.6. The number of benzene rings is 2.